The predicted molar refractivity (Wildman–Crippen MR) is 135 cm³/mol. The third-order valence-corrected chi connectivity index (χ3v) is 6.85. The molecule has 2 N–H and O–H groups in total. The van der Waals surface area contributed by atoms with Crippen LogP contribution in [0.1, 0.15) is 66.0 Å². The number of halogens is 1. The predicted octanol–water partition coefficient (Wildman–Crippen LogP) is 5.83. The Kier molecular flexibility index (Phi) is 8.17. The molecule has 1 amide bonds. The lowest BCUT2D eigenvalue weighted by Gasteiger charge is -2.32. The fourth-order valence-corrected chi connectivity index (χ4v) is 3.65. The second kappa shape index (κ2) is 9.78. The van der Waals surface area contributed by atoms with Gasteiger partial charge in [-0.3, -0.25) is 0 Å². The molecule has 1 saturated heterocycles. The van der Waals surface area contributed by atoms with Crippen molar-refractivity contribution >= 4 is 34.8 Å². The highest BCUT2D eigenvalue weighted by atomic mass is 79.9. The van der Waals surface area contributed by atoms with Gasteiger partial charge in [-0.25, -0.2) is 4.79 Å². The smallest absolute Gasteiger partial charge is 0.444 e. The Morgan fingerprint density at radius 1 is 1.12 bits per heavy atom. The van der Waals surface area contributed by atoms with Gasteiger partial charge in [0.15, 0.2) is 0 Å². The number of nitrogens with two attached hydrogens (primary N) is 1. The molecule has 8 heteroatoms. The first-order chi connectivity index (χ1) is 14.5. The molecule has 1 fully saturated rings. The summed E-state index contributed by atoms with van der Waals surface area (Å²) in [7, 11) is -0.314. The van der Waals surface area contributed by atoms with E-state index < -0.39 is 5.60 Å². The fraction of sp³-hybridized carbons (Fsp3) is 0.625. The van der Waals surface area contributed by atoms with Crippen molar-refractivity contribution in [1.29, 1.82) is 0 Å². The second-order valence-electron chi connectivity index (χ2n) is 10.5. The lowest BCUT2D eigenvalue weighted by molar-refractivity contribution is 0.00578. The Bertz CT molecular complexity index is 811. The Morgan fingerprint density at radius 3 is 2.12 bits per heavy atom. The molecule has 0 saturated carbocycles. The average molecular weight is 509 g/mol. The van der Waals surface area contributed by atoms with Gasteiger partial charge >= 0.3 is 13.2 Å². The molecule has 3 rings (SSSR count). The first-order valence-corrected chi connectivity index (χ1v) is 11.9. The van der Waals surface area contributed by atoms with E-state index in [1.165, 1.54) is 5.56 Å². The van der Waals surface area contributed by atoms with Crippen LogP contribution in [0.4, 0.5) is 10.5 Å². The molecule has 1 aromatic rings. The lowest BCUT2D eigenvalue weighted by Crippen LogP contribution is -2.41. The number of benzene rings is 1. The summed E-state index contributed by atoms with van der Waals surface area (Å²) in [5.41, 5.74) is 8.82. The summed E-state index contributed by atoms with van der Waals surface area (Å²) < 4.78 is 18.6. The van der Waals surface area contributed by atoms with Crippen molar-refractivity contribution in [2.75, 3.05) is 18.8 Å². The molecule has 0 bridgehead atoms. The van der Waals surface area contributed by atoms with Crippen LogP contribution in [0.15, 0.2) is 28.2 Å². The minimum Gasteiger partial charge on any atom is -0.444 e. The van der Waals surface area contributed by atoms with E-state index in [9.17, 15) is 4.79 Å². The summed E-state index contributed by atoms with van der Waals surface area (Å²) in [4.78, 5) is 13.8. The van der Waals surface area contributed by atoms with Crippen LogP contribution in [0.2, 0.25) is 0 Å². The lowest BCUT2D eigenvalue weighted by atomic mass is 9.75. The molecule has 0 aromatic heterocycles. The van der Waals surface area contributed by atoms with Crippen molar-refractivity contribution < 1.29 is 18.8 Å². The van der Waals surface area contributed by atoms with Crippen LogP contribution >= 0.6 is 15.9 Å². The maximum Gasteiger partial charge on any atom is 0.490 e. The van der Waals surface area contributed by atoms with Crippen molar-refractivity contribution in [3.63, 3.8) is 0 Å². The van der Waals surface area contributed by atoms with Gasteiger partial charge in [-0.05, 0) is 97.5 Å². The van der Waals surface area contributed by atoms with Crippen LogP contribution in [0, 0.1) is 13.8 Å². The second-order valence-corrected chi connectivity index (χ2v) is 11.4. The third-order valence-electron chi connectivity index (χ3n) is 6.00. The normalized spacial score (nSPS) is 19.8. The maximum atomic E-state index is 12.1. The highest BCUT2D eigenvalue weighted by molar-refractivity contribution is 9.10. The topological polar surface area (TPSA) is 74.0 Å². The number of rotatable bonds is 1. The Morgan fingerprint density at radius 2 is 1.69 bits per heavy atom. The van der Waals surface area contributed by atoms with Gasteiger partial charge < -0.3 is 24.7 Å². The highest BCUT2D eigenvalue weighted by Crippen LogP contribution is 2.39. The van der Waals surface area contributed by atoms with Gasteiger partial charge in [0.05, 0.1) is 11.2 Å². The molecule has 0 aliphatic carbocycles. The molecular weight excluding hydrogens is 471 g/mol. The summed E-state index contributed by atoms with van der Waals surface area (Å²) in [5.74, 6) is 0. The molecule has 0 atom stereocenters. The number of anilines is 1. The van der Waals surface area contributed by atoms with Crippen LogP contribution in [0.3, 0.4) is 0 Å². The maximum absolute atomic E-state index is 12.1. The van der Waals surface area contributed by atoms with E-state index in [1.807, 2.05) is 80.5 Å². The van der Waals surface area contributed by atoms with Crippen LogP contribution in [-0.4, -0.2) is 48.0 Å². The van der Waals surface area contributed by atoms with Gasteiger partial charge in [-0.15, -0.1) is 0 Å². The molecule has 2 heterocycles. The molecule has 6 nitrogen and oxygen atoms in total. The molecule has 32 heavy (non-hydrogen) atoms. The van der Waals surface area contributed by atoms with Crippen molar-refractivity contribution in [3.8, 4) is 0 Å². The minimum absolute atomic E-state index is 0.267. The molecule has 0 unspecified atom stereocenters. The number of amides is 1. The summed E-state index contributed by atoms with van der Waals surface area (Å²) in [6, 6.07) is 4.00. The van der Waals surface area contributed by atoms with Crippen LogP contribution < -0.4 is 5.73 Å². The average Bonchev–Trinajstić information content (AvgIpc) is 2.87. The van der Waals surface area contributed by atoms with Crippen molar-refractivity contribution in [3.05, 3.63) is 39.3 Å². The van der Waals surface area contributed by atoms with Crippen molar-refractivity contribution in [1.82, 2.24) is 4.90 Å². The van der Waals surface area contributed by atoms with E-state index in [1.54, 1.807) is 4.90 Å². The van der Waals surface area contributed by atoms with E-state index in [4.69, 9.17) is 19.8 Å². The number of nitrogen functional groups attached to an aromatic ring is 1. The Hall–Kier alpha value is -1.51. The summed E-state index contributed by atoms with van der Waals surface area (Å²) >= 11 is 3.42. The summed E-state index contributed by atoms with van der Waals surface area (Å²) in [6.45, 7) is 19.0. The van der Waals surface area contributed by atoms with Crippen LogP contribution in [-0.2, 0) is 14.0 Å². The molecule has 1 aromatic carbocycles. The number of hydrogen-bond acceptors (Lipinski definition) is 5. The van der Waals surface area contributed by atoms with Crippen LogP contribution in [0.25, 0.3) is 0 Å². The van der Waals surface area contributed by atoms with Gasteiger partial charge in [0.2, 0.25) is 0 Å². The summed E-state index contributed by atoms with van der Waals surface area (Å²) in [6.07, 6.45) is 2.50. The Labute approximate surface area is 202 Å². The van der Waals surface area contributed by atoms with E-state index in [0.717, 1.165) is 27.6 Å². The van der Waals surface area contributed by atoms with Gasteiger partial charge in [-0.2, -0.15) is 0 Å². The molecular formula is C24H38BBrN2O4. The minimum atomic E-state index is -0.465. The quantitative estimate of drug-likeness (QED) is 0.381. The zero-order valence-electron chi connectivity index (χ0n) is 21.0. The monoisotopic (exact) mass is 508 g/mol. The SMILES string of the molecule is CC(C)(C)OC(=O)N1CC=C(B2OC(C)(C)C(C)(C)O2)CC1.Cc1cc(Br)c(C)cc1N. The number of aryl methyl sites for hydroxylation is 2. The fourth-order valence-electron chi connectivity index (χ4n) is 3.19. The number of carbonyl (C=O) groups is 1. The van der Waals surface area contributed by atoms with Crippen molar-refractivity contribution in [2.45, 2.75) is 85.5 Å². The van der Waals surface area contributed by atoms with Gasteiger partial charge in [0.25, 0.3) is 0 Å². The summed E-state index contributed by atoms with van der Waals surface area (Å²) in [5, 5.41) is 0. The molecule has 2 aliphatic rings. The molecule has 0 radical (unpaired) electrons. The van der Waals surface area contributed by atoms with Crippen molar-refractivity contribution in [2.24, 2.45) is 0 Å². The Balaban J connectivity index is 0.000000303. The molecule has 0 spiro atoms. The van der Waals surface area contributed by atoms with Gasteiger partial charge in [0, 0.05) is 23.2 Å². The van der Waals surface area contributed by atoms with Crippen LogP contribution in [0.5, 0.6) is 0 Å². The number of nitrogens with zero attached hydrogens (tertiary/aromatic N) is 1. The zero-order chi connectivity index (χ0) is 24.5. The number of carbonyl (C=O) groups excluding carboxylic acids is 1. The number of hydrogen-bond donors (Lipinski definition) is 1. The first kappa shape index (κ1) is 26.7. The largest absolute Gasteiger partial charge is 0.490 e. The molecule has 2 aliphatic heterocycles. The van der Waals surface area contributed by atoms with E-state index in [2.05, 4.69) is 15.9 Å². The van der Waals surface area contributed by atoms with E-state index in [0.29, 0.717) is 13.1 Å². The van der Waals surface area contributed by atoms with E-state index in [-0.39, 0.29) is 24.4 Å². The van der Waals surface area contributed by atoms with E-state index >= 15 is 0 Å². The number of ether oxygens (including phenoxy) is 1. The van der Waals surface area contributed by atoms with Gasteiger partial charge in [-0.1, -0.05) is 22.0 Å². The molecule has 178 valence electrons. The highest BCUT2D eigenvalue weighted by Gasteiger charge is 2.52. The third kappa shape index (κ3) is 6.75. The zero-order valence-corrected chi connectivity index (χ0v) is 22.6. The first-order valence-electron chi connectivity index (χ1n) is 11.1. The van der Waals surface area contributed by atoms with Gasteiger partial charge in [0.1, 0.15) is 5.60 Å². The standard InChI is InChI=1S/C16H28BNO4.C8H10BrN/c1-14(2,3)20-13(19)18-10-8-12(9-11-18)17-21-15(4,5)16(6,7)22-17;1-5-4-8(10)6(2)3-7(5)9/h8H,9-11H2,1-7H3;3-4H,10H2,1-2H3.